The number of rotatable bonds is 7. The minimum absolute atomic E-state index is 0.277. The number of anilines is 2. The maximum Gasteiger partial charge on any atom is 0.340 e. The Labute approximate surface area is 122 Å². The largest absolute Gasteiger partial charge is 0.465 e. The zero-order valence-electron chi connectivity index (χ0n) is 13.3. The second-order valence-corrected chi connectivity index (χ2v) is 4.51. The first-order chi connectivity index (χ1) is 9.64. The SMILES string of the molecule is CCN(CC)c1cccc(C(=O)OC)c1N(CC)CC. The summed E-state index contributed by atoms with van der Waals surface area (Å²) in [4.78, 5) is 16.5. The molecule has 0 fully saturated rings. The van der Waals surface area contributed by atoms with Gasteiger partial charge in [0.25, 0.3) is 0 Å². The van der Waals surface area contributed by atoms with E-state index in [1.54, 1.807) is 0 Å². The van der Waals surface area contributed by atoms with Crippen molar-refractivity contribution in [2.45, 2.75) is 27.7 Å². The van der Waals surface area contributed by atoms with Gasteiger partial charge < -0.3 is 14.5 Å². The third kappa shape index (κ3) is 3.24. The number of methoxy groups -OCH3 is 1. The maximum absolute atomic E-state index is 12.1. The van der Waals surface area contributed by atoms with E-state index in [0.29, 0.717) is 5.56 Å². The van der Waals surface area contributed by atoms with Crippen LogP contribution in [0.2, 0.25) is 0 Å². The topological polar surface area (TPSA) is 32.8 Å². The Hall–Kier alpha value is -1.71. The van der Waals surface area contributed by atoms with Gasteiger partial charge in [-0.05, 0) is 39.8 Å². The minimum Gasteiger partial charge on any atom is -0.465 e. The predicted molar refractivity (Wildman–Crippen MR) is 84.9 cm³/mol. The van der Waals surface area contributed by atoms with Gasteiger partial charge in [-0.2, -0.15) is 0 Å². The minimum atomic E-state index is -0.277. The number of hydrogen-bond donors (Lipinski definition) is 0. The van der Waals surface area contributed by atoms with Gasteiger partial charge in [-0.3, -0.25) is 0 Å². The van der Waals surface area contributed by atoms with Crippen molar-refractivity contribution >= 4 is 17.3 Å². The average Bonchev–Trinajstić information content (AvgIpc) is 2.49. The summed E-state index contributed by atoms with van der Waals surface area (Å²) in [5, 5.41) is 0. The zero-order valence-corrected chi connectivity index (χ0v) is 13.3. The van der Waals surface area contributed by atoms with E-state index >= 15 is 0 Å². The highest BCUT2D eigenvalue weighted by Crippen LogP contribution is 2.33. The molecule has 0 aliphatic carbocycles. The van der Waals surface area contributed by atoms with Crippen LogP contribution in [-0.4, -0.2) is 39.3 Å². The van der Waals surface area contributed by atoms with E-state index in [0.717, 1.165) is 37.6 Å². The fraction of sp³-hybridized carbons (Fsp3) is 0.562. The number of esters is 1. The van der Waals surface area contributed by atoms with Crippen LogP contribution in [0.5, 0.6) is 0 Å². The van der Waals surface area contributed by atoms with Crippen LogP contribution >= 0.6 is 0 Å². The number of benzene rings is 1. The Kier molecular flexibility index (Phi) is 6.36. The van der Waals surface area contributed by atoms with Gasteiger partial charge in [0.05, 0.1) is 24.0 Å². The Morgan fingerprint density at radius 3 is 2.00 bits per heavy atom. The van der Waals surface area contributed by atoms with Crippen LogP contribution in [0.4, 0.5) is 11.4 Å². The van der Waals surface area contributed by atoms with Gasteiger partial charge in [0, 0.05) is 26.2 Å². The Balaban J connectivity index is 3.46. The fourth-order valence-electron chi connectivity index (χ4n) is 2.50. The van der Waals surface area contributed by atoms with E-state index in [2.05, 4.69) is 43.6 Å². The van der Waals surface area contributed by atoms with Crippen molar-refractivity contribution in [1.82, 2.24) is 0 Å². The maximum atomic E-state index is 12.1. The third-order valence-electron chi connectivity index (χ3n) is 3.60. The smallest absolute Gasteiger partial charge is 0.340 e. The van der Waals surface area contributed by atoms with Gasteiger partial charge in [-0.25, -0.2) is 4.79 Å². The highest BCUT2D eigenvalue weighted by molar-refractivity contribution is 5.99. The molecule has 20 heavy (non-hydrogen) atoms. The summed E-state index contributed by atoms with van der Waals surface area (Å²) < 4.78 is 4.93. The predicted octanol–water partition coefficient (Wildman–Crippen LogP) is 3.17. The molecule has 0 aliphatic heterocycles. The standard InChI is InChI=1S/C16H26N2O2/c1-6-17(7-2)14-12-10-11-13(16(19)20-5)15(14)18(8-3)9-4/h10-12H,6-9H2,1-5H3. The molecule has 0 bridgehead atoms. The van der Waals surface area contributed by atoms with E-state index in [1.807, 2.05) is 12.1 Å². The summed E-state index contributed by atoms with van der Waals surface area (Å²) in [7, 11) is 1.43. The van der Waals surface area contributed by atoms with Gasteiger partial charge in [0.15, 0.2) is 0 Å². The van der Waals surface area contributed by atoms with E-state index in [1.165, 1.54) is 7.11 Å². The van der Waals surface area contributed by atoms with Crippen LogP contribution in [-0.2, 0) is 4.74 Å². The van der Waals surface area contributed by atoms with Crippen molar-refractivity contribution in [3.8, 4) is 0 Å². The molecule has 0 atom stereocenters. The zero-order chi connectivity index (χ0) is 15.1. The second kappa shape index (κ2) is 7.78. The van der Waals surface area contributed by atoms with Crippen molar-refractivity contribution < 1.29 is 9.53 Å². The van der Waals surface area contributed by atoms with Crippen molar-refractivity contribution in [2.24, 2.45) is 0 Å². The Bertz CT molecular complexity index is 438. The molecule has 0 saturated heterocycles. The molecule has 4 heteroatoms. The Morgan fingerprint density at radius 1 is 1.00 bits per heavy atom. The van der Waals surface area contributed by atoms with Crippen LogP contribution < -0.4 is 9.80 Å². The first-order valence-corrected chi connectivity index (χ1v) is 7.35. The van der Waals surface area contributed by atoms with Crippen molar-refractivity contribution in [1.29, 1.82) is 0 Å². The molecule has 0 unspecified atom stereocenters. The molecule has 0 spiro atoms. The molecule has 0 aliphatic rings. The number of nitrogens with zero attached hydrogens (tertiary/aromatic N) is 2. The number of carbonyl (C=O) groups is 1. The van der Waals surface area contributed by atoms with Crippen LogP contribution in [0.25, 0.3) is 0 Å². The molecule has 4 nitrogen and oxygen atoms in total. The van der Waals surface area contributed by atoms with E-state index in [4.69, 9.17) is 4.74 Å². The molecule has 1 aromatic rings. The molecular weight excluding hydrogens is 252 g/mol. The Morgan fingerprint density at radius 2 is 1.55 bits per heavy atom. The van der Waals surface area contributed by atoms with Crippen LogP contribution in [0.3, 0.4) is 0 Å². The molecule has 0 radical (unpaired) electrons. The molecular formula is C16H26N2O2. The highest BCUT2D eigenvalue weighted by Gasteiger charge is 2.21. The van der Waals surface area contributed by atoms with Crippen LogP contribution in [0.15, 0.2) is 18.2 Å². The summed E-state index contributed by atoms with van der Waals surface area (Å²) in [6, 6.07) is 5.84. The molecule has 0 amide bonds. The van der Waals surface area contributed by atoms with Crippen LogP contribution in [0.1, 0.15) is 38.1 Å². The molecule has 112 valence electrons. The second-order valence-electron chi connectivity index (χ2n) is 4.51. The van der Waals surface area contributed by atoms with Crippen molar-refractivity contribution in [2.75, 3.05) is 43.1 Å². The molecule has 0 N–H and O–H groups in total. The quantitative estimate of drug-likeness (QED) is 0.717. The van der Waals surface area contributed by atoms with Crippen LogP contribution in [0, 0.1) is 0 Å². The first-order valence-electron chi connectivity index (χ1n) is 7.35. The average molecular weight is 278 g/mol. The highest BCUT2D eigenvalue weighted by atomic mass is 16.5. The number of para-hydroxylation sites is 1. The van der Waals surface area contributed by atoms with Gasteiger partial charge >= 0.3 is 5.97 Å². The summed E-state index contributed by atoms with van der Waals surface area (Å²) >= 11 is 0. The lowest BCUT2D eigenvalue weighted by Gasteiger charge is -2.31. The lowest BCUT2D eigenvalue weighted by Crippen LogP contribution is -2.30. The number of ether oxygens (including phenoxy) is 1. The molecule has 0 saturated carbocycles. The van der Waals surface area contributed by atoms with E-state index in [-0.39, 0.29) is 5.97 Å². The summed E-state index contributed by atoms with van der Waals surface area (Å²) in [6.07, 6.45) is 0. The molecule has 1 rings (SSSR count). The van der Waals surface area contributed by atoms with Gasteiger partial charge in [-0.1, -0.05) is 6.07 Å². The summed E-state index contributed by atoms with van der Waals surface area (Å²) in [6.45, 7) is 12.0. The number of hydrogen-bond acceptors (Lipinski definition) is 4. The van der Waals surface area contributed by atoms with Gasteiger partial charge in [0.2, 0.25) is 0 Å². The fourth-order valence-corrected chi connectivity index (χ4v) is 2.50. The number of carbonyl (C=O) groups excluding carboxylic acids is 1. The van der Waals surface area contributed by atoms with Gasteiger partial charge in [0.1, 0.15) is 0 Å². The summed E-state index contributed by atoms with van der Waals surface area (Å²) in [5.41, 5.74) is 2.72. The lowest BCUT2D eigenvalue weighted by atomic mass is 10.1. The third-order valence-corrected chi connectivity index (χ3v) is 3.60. The monoisotopic (exact) mass is 278 g/mol. The van der Waals surface area contributed by atoms with Crippen molar-refractivity contribution in [3.63, 3.8) is 0 Å². The van der Waals surface area contributed by atoms with E-state index in [9.17, 15) is 4.79 Å². The molecule has 0 aromatic heterocycles. The van der Waals surface area contributed by atoms with E-state index < -0.39 is 0 Å². The summed E-state index contributed by atoms with van der Waals surface area (Å²) in [5.74, 6) is -0.277. The molecule has 0 heterocycles. The normalized spacial score (nSPS) is 10.2. The lowest BCUT2D eigenvalue weighted by molar-refractivity contribution is 0.0601. The van der Waals surface area contributed by atoms with Gasteiger partial charge in [-0.15, -0.1) is 0 Å². The molecule has 1 aromatic carbocycles. The first kappa shape index (κ1) is 16.3. The van der Waals surface area contributed by atoms with Crippen molar-refractivity contribution in [3.05, 3.63) is 23.8 Å².